The maximum Gasteiger partial charge on any atom is 0.0624 e. The summed E-state index contributed by atoms with van der Waals surface area (Å²) in [7, 11) is 1.96. The van der Waals surface area contributed by atoms with Gasteiger partial charge in [0.2, 0.25) is 0 Å². The van der Waals surface area contributed by atoms with Crippen LogP contribution in [-0.4, -0.2) is 9.78 Å². The van der Waals surface area contributed by atoms with Crippen LogP contribution in [0.25, 0.3) is 0 Å². The largest absolute Gasteiger partial charge is 0.324 e. The van der Waals surface area contributed by atoms with E-state index in [-0.39, 0.29) is 6.04 Å². The highest BCUT2D eigenvalue weighted by Gasteiger charge is 2.11. The molecule has 0 aliphatic rings. The molecule has 2 aromatic rings. The summed E-state index contributed by atoms with van der Waals surface area (Å²) in [5, 5.41) is 5.15. The van der Waals surface area contributed by atoms with E-state index in [4.69, 9.17) is 17.3 Å². The first-order valence-corrected chi connectivity index (χ1v) is 6.50. The topological polar surface area (TPSA) is 43.8 Å². The lowest BCUT2D eigenvalue weighted by atomic mass is 10.0. The van der Waals surface area contributed by atoms with Crippen molar-refractivity contribution >= 4 is 11.6 Å². The molecule has 1 unspecified atom stereocenters. The van der Waals surface area contributed by atoms with Crippen molar-refractivity contribution in [3.05, 3.63) is 52.3 Å². The summed E-state index contributed by atoms with van der Waals surface area (Å²) in [6.07, 6.45) is 1.71. The molecule has 1 aromatic heterocycles. The van der Waals surface area contributed by atoms with Crippen LogP contribution in [0.15, 0.2) is 30.3 Å². The minimum Gasteiger partial charge on any atom is -0.324 e. The van der Waals surface area contributed by atoms with Crippen LogP contribution in [0.5, 0.6) is 0 Å². The van der Waals surface area contributed by atoms with Gasteiger partial charge in [0.05, 0.1) is 5.69 Å². The van der Waals surface area contributed by atoms with Crippen LogP contribution in [0.1, 0.15) is 29.9 Å². The summed E-state index contributed by atoms with van der Waals surface area (Å²) >= 11 is 5.98. The summed E-state index contributed by atoms with van der Waals surface area (Å²) < 4.78 is 1.91. The zero-order chi connectivity index (χ0) is 13.1. The van der Waals surface area contributed by atoms with Crippen molar-refractivity contribution in [2.75, 3.05) is 0 Å². The fraction of sp³-hybridized carbons (Fsp3) is 0.357. The number of nitrogens with zero attached hydrogens (tertiary/aromatic N) is 2. The van der Waals surface area contributed by atoms with Gasteiger partial charge in [0.15, 0.2) is 0 Å². The fourth-order valence-electron chi connectivity index (χ4n) is 2.02. The fourth-order valence-corrected chi connectivity index (χ4v) is 2.21. The molecule has 2 rings (SSSR count). The molecular formula is C14H18ClN3. The second kappa shape index (κ2) is 5.55. The van der Waals surface area contributed by atoms with Gasteiger partial charge in [-0.05, 0) is 30.2 Å². The van der Waals surface area contributed by atoms with Gasteiger partial charge in [0, 0.05) is 30.2 Å². The summed E-state index contributed by atoms with van der Waals surface area (Å²) in [4.78, 5) is 0. The molecule has 2 N–H and O–H groups in total. The maximum absolute atomic E-state index is 6.22. The Bertz CT molecular complexity index is 534. The summed E-state index contributed by atoms with van der Waals surface area (Å²) in [6.45, 7) is 2.10. The first kappa shape index (κ1) is 13.1. The number of hydrogen-bond acceptors (Lipinski definition) is 2. The highest BCUT2D eigenvalue weighted by atomic mass is 35.5. The Hall–Kier alpha value is -1.32. The third kappa shape index (κ3) is 2.92. The first-order chi connectivity index (χ1) is 8.60. The highest BCUT2D eigenvalue weighted by Crippen LogP contribution is 2.19. The first-order valence-electron chi connectivity index (χ1n) is 6.13. The van der Waals surface area contributed by atoms with Gasteiger partial charge >= 0.3 is 0 Å². The van der Waals surface area contributed by atoms with E-state index in [1.807, 2.05) is 36.0 Å². The molecule has 1 heterocycles. The average molecular weight is 264 g/mol. The van der Waals surface area contributed by atoms with Gasteiger partial charge in [-0.3, -0.25) is 4.68 Å². The number of nitrogens with two attached hydrogens (primary N) is 1. The average Bonchev–Trinajstić information content (AvgIpc) is 2.70. The summed E-state index contributed by atoms with van der Waals surface area (Å²) in [5.74, 6) is 0. The standard InChI is InChI=1S/C14H18ClN3/c1-3-12-8-13(18(2)17-12)9-14(16)10-5-4-6-11(15)7-10/h4-8,14H,3,9,16H2,1-2H3. The molecule has 0 radical (unpaired) electrons. The van der Waals surface area contributed by atoms with E-state index in [9.17, 15) is 0 Å². The van der Waals surface area contributed by atoms with Crippen molar-refractivity contribution in [3.8, 4) is 0 Å². The highest BCUT2D eigenvalue weighted by molar-refractivity contribution is 6.30. The Morgan fingerprint density at radius 1 is 1.39 bits per heavy atom. The Labute approximate surface area is 113 Å². The zero-order valence-electron chi connectivity index (χ0n) is 10.7. The van der Waals surface area contributed by atoms with Crippen molar-refractivity contribution in [3.63, 3.8) is 0 Å². The van der Waals surface area contributed by atoms with Crippen molar-refractivity contribution in [2.45, 2.75) is 25.8 Å². The predicted octanol–water partition coefficient (Wildman–Crippen LogP) is 2.88. The summed E-state index contributed by atoms with van der Waals surface area (Å²) in [6, 6.07) is 9.78. The smallest absolute Gasteiger partial charge is 0.0624 e. The molecule has 1 aromatic carbocycles. The number of aryl methyl sites for hydroxylation is 2. The Morgan fingerprint density at radius 2 is 2.17 bits per heavy atom. The molecule has 3 nitrogen and oxygen atoms in total. The Balaban J connectivity index is 2.15. The number of hydrogen-bond donors (Lipinski definition) is 1. The van der Waals surface area contributed by atoms with Gasteiger partial charge in [-0.25, -0.2) is 0 Å². The lowest BCUT2D eigenvalue weighted by Gasteiger charge is -2.12. The van der Waals surface area contributed by atoms with Crippen molar-refractivity contribution in [2.24, 2.45) is 12.8 Å². The van der Waals surface area contributed by atoms with Crippen molar-refractivity contribution in [1.82, 2.24) is 9.78 Å². The van der Waals surface area contributed by atoms with Crippen LogP contribution in [-0.2, 0) is 19.9 Å². The van der Waals surface area contributed by atoms with E-state index in [0.717, 1.165) is 34.8 Å². The zero-order valence-corrected chi connectivity index (χ0v) is 11.5. The van der Waals surface area contributed by atoms with Crippen LogP contribution in [0, 0.1) is 0 Å². The van der Waals surface area contributed by atoms with E-state index in [0.29, 0.717) is 0 Å². The van der Waals surface area contributed by atoms with Crippen LogP contribution in [0.4, 0.5) is 0 Å². The van der Waals surface area contributed by atoms with Gasteiger partial charge in [-0.1, -0.05) is 30.7 Å². The molecule has 0 saturated heterocycles. The minimum atomic E-state index is -0.0520. The molecular weight excluding hydrogens is 246 g/mol. The van der Waals surface area contributed by atoms with Gasteiger partial charge in [-0.2, -0.15) is 5.10 Å². The Kier molecular flexibility index (Phi) is 4.04. The molecule has 96 valence electrons. The molecule has 0 saturated carbocycles. The van der Waals surface area contributed by atoms with E-state index in [2.05, 4.69) is 18.1 Å². The minimum absolute atomic E-state index is 0.0520. The van der Waals surface area contributed by atoms with E-state index >= 15 is 0 Å². The van der Waals surface area contributed by atoms with Gasteiger partial charge < -0.3 is 5.73 Å². The van der Waals surface area contributed by atoms with E-state index < -0.39 is 0 Å². The number of halogens is 1. The number of aromatic nitrogens is 2. The molecule has 0 amide bonds. The second-order valence-corrected chi connectivity index (χ2v) is 4.91. The molecule has 0 fully saturated rings. The molecule has 0 aliphatic carbocycles. The van der Waals surface area contributed by atoms with Crippen molar-refractivity contribution in [1.29, 1.82) is 0 Å². The van der Waals surface area contributed by atoms with Gasteiger partial charge in [0.25, 0.3) is 0 Å². The molecule has 0 aliphatic heterocycles. The normalized spacial score (nSPS) is 12.7. The molecule has 18 heavy (non-hydrogen) atoms. The molecule has 4 heteroatoms. The predicted molar refractivity (Wildman–Crippen MR) is 74.7 cm³/mol. The Morgan fingerprint density at radius 3 is 2.78 bits per heavy atom. The third-order valence-corrected chi connectivity index (χ3v) is 3.33. The SMILES string of the molecule is CCc1cc(CC(N)c2cccc(Cl)c2)n(C)n1. The van der Waals surface area contributed by atoms with E-state index in [1.54, 1.807) is 0 Å². The second-order valence-electron chi connectivity index (χ2n) is 4.47. The van der Waals surface area contributed by atoms with Crippen LogP contribution < -0.4 is 5.73 Å². The lowest BCUT2D eigenvalue weighted by molar-refractivity contribution is 0.638. The van der Waals surface area contributed by atoms with Crippen LogP contribution >= 0.6 is 11.6 Å². The number of rotatable bonds is 4. The monoisotopic (exact) mass is 263 g/mol. The molecule has 1 atom stereocenters. The quantitative estimate of drug-likeness (QED) is 0.922. The number of benzene rings is 1. The maximum atomic E-state index is 6.22. The third-order valence-electron chi connectivity index (χ3n) is 3.10. The van der Waals surface area contributed by atoms with Crippen molar-refractivity contribution < 1.29 is 0 Å². The van der Waals surface area contributed by atoms with Gasteiger partial charge in [0.1, 0.15) is 0 Å². The lowest BCUT2D eigenvalue weighted by Crippen LogP contribution is -2.15. The van der Waals surface area contributed by atoms with Crippen LogP contribution in [0.2, 0.25) is 5.02 Å². The van der Waals surface area contributed by atoms with Crippen LogP contribution in [0.3, 0.4) is 0 Å². The molecule has 0 spiro atoms. The summed E-state index contributed by atoms with van der Waals surface area (Å²) in [5.41, 5.74) is 9.53. The van der Waals surface area contributed by atoms with Gasteiger partial charge in [-0.15, -0.1) is 0 Å². The molecule has 0 bridgehead atoms. The van der Waals surface area contributed by atoms with E-state index in [1.165, 1.54) is 0 Å².